The number of benzene rings is 2. The summed E-state index contributed by atoms with van der Waals surface area (Å²) >= 11 is 0. The van der Waals surface area contributed by atoms with Crippen LogP contribution in [-0.4, -0.2) is 59.8 Å². The molecular formula is C22H26N2O5. The number of hydrogen-bond donors (Lipinski definition) is 1. The first kappa shape index (κ1) is 20.7. The summed E-state index contributed by atoms with van der Waals surface area (Å²) in [6.07, 6.45) is -1.15. The van der Waals surface area contributed by atoms with Crippen LogP contribution in [0.25, 0.3) is 0 Å². The average molecular weight is 398 g/mol. The van der Waals surface area contributed by atoms with Crippen LogP contribution in [0.5, 0.6) is 5.75 Å². The van der Waals surface area contributed by atoms with Gasteiger partial charge in [-0.15, -0.1) is 0 Å². The van der Waals surface area contributed by atoms with Crippen molar-refractivity contribution in [3.63, 3.8) is 0 Å². The van der Waals surface area contributed by atoms with E-state index in [2.05, 4.69) is 0 Å². The number of likely N-dealkylation sites (tertiary alicyclic amines) is 1. The van der Waals surface area contributed by atoms with Gasteiger partial charge in [0.15, 0.2) is 0 Å². The highest BCUT2D eigenvalue weighted by molar-refractivity contribution is 5.86. The van der Waals surface area contributed by atoms with Gasteiger partial charge in [0.05, 0.1) is 19.8 Å². The van der Waals surface area contributed by atoms with Crippen LogP contribution in [0.2, 0.25) is 0 Å². The Kier molecular flexibility index (Phi) is 6.72. The SMILES string of the molecule is COc1ccc(COC(=O)N2CC(O)C[C@H]2C(=O)N(C)Cc2ccccc2)cc1. The van der Waals surface area contributed by atoms with Crippen LogP contribution in [0.3, 0.4) is 0 Å². The molecule has 0 spiro atoms. The minimum Gasteiger partial charge on any atom is -0.497 e. The smallest absolute Gasteiger partial charge is 0.410 e. The van der Waals surface area contributed by atoms with E-state index < -0.39 is 18.2 Å². The number of carbonyl (C=O) groups is 2. The predicted octanol–water partition coefficient (Wildman–Crippen LogP) is 2.43. The lowest BCUT2D eigenvalue weighted by atomic mass is 10.1. The fraction of sp³-hybridized carbons (Fsp3) is 0.364. The summed E-state index contributed by atoms with van der Waals surface area (Å²) in [5, 5.41) is 10.0. The quantitative estimate of drug-likeness (QED) is 0.809. The first-order valence-corrected chi connectivity index (χ1v) is 9.51. The molecule has 3 rings (SSSR count). The van der Waals surface area contributed by atoms with E-state index in [-0.39, 0.29) is 25.5 Å². The summed E-state index contributed by atoms with van der Waals surface area (Å²) in [5.41, 5.74) is 1.80. The van der Waals surface area contributed by atoms with Crippen LogP contribution in [0, 0.1) is 0 Å². The Balaban J connectivity index is 1.60. The first-order valence-electron chi connectivity index (χ1n) is 9.51. The van der Waals surface area contributed by atoms with Gasteiger partial charge in [-0.25, -0.2) is 4.79 Å². The number of nitrogens with zero attached hydrogens (tertiary/aromatic N) is 2. The van der Waals surface area contributed by atoms with Gasteiger partial charge in [0.25, 0.3) is 0 Å². The van der Waals surface area contributed by atoms with Gasteiger partial charge in [-0.2, -0.15) is 0 Å². The number of aliphatic hydroxyl groups excluding tert-OH is 1. The van der Waals surface area contributed by atoms with Gasteiger partial charge in [0.1, 0.15) is 18.4 Å². The second kappa shape index (κ2) is 9.43. The topological polar surface area (TPSA) is 79.3 Å². The lowest BCUT2D eigenvalue weighted by Gasteiger charge is -2.27. The molecule has 2 aromatic rings. The number of likely N-dealkylation sites (N-methyl/N-ethyl adjacent to an activating group) is 1. The number of methoxy groups -OCH3 is 1. The number of ether oxygens (including phenoxy) is 2. The molecule has 154 valence electrons. The molecule has 1 heterocycles. The van der Waals surface area contributed by atoms with Gasteiger partial charge in [0, 0.05) is 20.0 Å². The van der Waals surface area contributed by atoms with Crippen LogP contribution in [-0.2, 0) is 22.7 Å². The zero-order valence-electron chi connectivity index (χ0n) is 16.7. The number of hydrogen-bond acceptors (Lipinski definition) is 5. The van der Waals surface area contributed by atoms with E-state index in [0.29, 0.717) is 6.54 Å². The Labute approximate surface area is 170 Å². The molecule has 1 aliphatic rings. The third-order valence-electron chi connectivity index (χ3n) is 4.96. The molecule has 0 saturated carbocycles. The summed E-state index contributed by atoms with van der Waals surface area (Å²) in [4.78, 5) is 28.4. The zero-order valence-corrected chi connectivity index (χ0v) is 16.7. The fourth-order valence-electron chi connectivity index (χ4n) is 3.39. The fourth-order valence-corrected chi connectivity index (χ4v) is 3.39. The van der Waals surface area contributed by atoms with Crippen molar-refractivity contribution >= 4 is 12.0 Å². The second-order valence-corrected chi connectivity index (χ2v) is 7.14. The van der Waals surface area contributed by atoms with Crippen molar-refractivity contribution in [3.8, 4) is 5.75 Å². The van der Waals surface area contributed by atoms with Gasteiger partial charge < -0.3 is 19.5 Å². The Hall–Kier alpha value is -3.06. The molecule has 1 saturated heterocycles. The minimum absolute atomic E-state index is 0.0796. The van der Waals surface area contributed by atoms with Crippen molar-refractivity contribution < 1.29 is 24.2 Å². The number of amides is 2. The maximum Gasteiger partial charge on any atom is 0.410 e. The Bertz CT molecular complexity index is 825. The molecule has 2 atom stereocenters. The summed E-state index contributed by atoms with van der Waals surface area (Å²) in [5.74, 6) is 0.502. The normalized spacial score (nSPS) is 18.4. The predicted molar refractivity (Wildman–Crippen MR) is 107 cm³/mol. The average Bonchev–Trinajstić information content (AvgIpc) is 3.14. The van der Waals surface area contributed by atoms with E-state index in [1.165, 1.54) is 4.90 Å². The monoisotopic (exact) mass is 398 g/mol. The van der Waals surface area contributed by atoms with E-state index in [9.17, 15) is 14.7 Å². The molecule has 1 N–H and O–H groups in total. The van der Waals surface area contributed by atoms with Crippen LogP contribution in [0.1, 0.15) is 17.5 Å². The summed E-state index contributed by atoms with van der Waals surface area (Å²) in [6, 6.07) is 16.1. The van der Waals surface area contributed by atoms with Crippen LogP contribution in [0.4, 0.5) is 4.79 Å². The minimum atomic E-state index is -0.748. The van der Waals surface area contributed by atoms with Crippen molar-refractivity contribution in [2.75, 3.05) is 20.7 Å². The van der Waals surface area contributed by atoms with E-state index in [1.54, 1.807) is 43.3 Å². The Morgan fingerprint density at radius 3 is 2.45 bits per heavy atom. The highest BCUT2D eigenvalue weighted by Gasteiger charge is 2.41. The number of aliphatic hydroxyl groups is 1. The second-order valence-electron chi connectivity index (χ2n) is 7.14. The van der Waals surface area contributed by atoms with E-state index in [4.69, 9.17) is 9.47 Å². The molecule has 0 aliphatic carbocycles. The molecule has 7 nitrogen and oxygen atoms in total. The molecule has 29 heavy (non-hydrogen) atoms. The van der Waals surface area contributed by atoms with Crippen molar-refractivity contribution in [2.24, 2.45) is 0 Å². The lowest BCUT2D eigenvalue weighted by molar-refractivity contribution is -0.134. The first-order chi connectivity index (χ1) is 14.0. The zero-order chi connectivity index (χ0) is 20.8. The van der Waals surface area contributed by atoms with Gasteiger partial charge in [-0.1, -0.05) is 42.5 Å². The van der Waals surface area contributed by atoms with Gasteiger partial charge in [-0.3, -0.25) is 9.69 Å². The third-order valence-corrected chi connectivity index (χ3v) is 4.96. The molecular weight excluding hydrogens is 372 g/mol. The molecule has 7 heteroatoms. The van der Waals surface area contributed by atoms with Crippen molar-refractivity contribution in [2.45, 2.75) is 31.7 Å². The summed E-state index contributed by atoms with van der Waals surface area (Å²) < 4.78 is 10.5. The lowest BCUT2D eigenvalue weighted by Crippen LogP contribution is -2.46. The molecule has 2 aromatic carbocycles. The maximum atomic E-state index is 12.9. The van der Waals surface area contributed by atoms with Crippen molar-refractivity contribution in [3.05, 3.63) is 65.7 Å². The largest absolute Gasteiger partial charge is 0.497 e. The highest BCUT2D eigenvalue weighted by atomic mass is 16.6. The summed E-state index contributed by atoms with van der Waals surface area (Å²) in [7, 11) is 3.28. The Morgan fingerprint density at radius 1 is 1.10 bits per heavy atom. The number of rotatable bonds is 6. The van der Waals surface area contributed by atoms with E-state index in [0.717, 1.165) is 16.9 Å². The molecule has 2 amide bonds. The van der Waals surface area contributed by atoms with Crippen LogP contribution in [0.15, 0.2) is 54.6 Å². The van der Waals surface area contributed by atoms with Crippen molar-refractivity contribution in [1.82, 2.24) is 9.80 Å². The summed E-state index contributed by atoms with van der Waals surface area (Å²) in [6.45, 7) is 0.591. The molecule has 1 fully saturated rings. The van der Waals surface area contributed by atoms with Crippen molar-refractivity contribution in [1.29, 1.82) is 0 Å². The highest BCUT2D eigenvalue weighted by Crippen LogP contribution is 2.22. The Morgan fingerprint density at radius 2 is 1.79 bits per heavy atom. The van der Waals surface area contributed by atoms with Gasteiger partial charge in [-0.05, 0) is 23.3 Å². The maximum absolute atomic E-state index is 12.9. The number of β-amino-alcohol motifs (C(OH)–C–C–N with tert-alkyl or cyclic N) is 1. The molecule has 0 radical (unpaired) electrons. The third kappa shape index (κ3) is 5.26. The number of carbonyl (C=O) groups excluding carboxylic acids is 2. The van der Waals surface area contributed by atoms with Crippen LogP contribution >= 0.6 is 0 Å². The molecule has 0 aromatic heterocycles. The standard InChI is InChI=1S/C22H26N2O5/c1-23(13-16-6-4-3-5-7-16)21(26)20-12-18(25)14-24(20)22(27)29-15-17-8-10-19(28-2)11-9-17/h3-11,18,20,25H,12-15H2,1-2H3/t18?,20-/m0/s1. The molecule has 0 bridgehead atoms. The van der Waals surface area contributed by atoms with Gasteiger partial charge in [0.2, 0.25) is 5.91 Å². The van der Waals surface area contributed by atoms with E-state index in [1.807, 2.05) is 30.3 Å². The molecule has 1 unspecified atom stereocenters. The van der Waals surface area contributed by atoms with Gasteiger partial charge >= 0.3 is 6.09 Å². The van der Waals surface area contributed by atoms with E-state index >= 15 is 0 Å². The van der Waals surface area contributed by atoms with Crippen LogP contribution < -0.4 is 4.74 Å². The molecule has 1 aliphatic heterocycles.